The Hall–Kier alpha value is -1.34. The number of unbranched alkanes of at least 4 members (excludes halogenated alkanes) is 1. The number of nitrogens with two attached hydrogens (primary N) is 1. The van der Waals surface area contributed by atoms with Crippen LogP contribution in [0.3, 0.4) is 0 Å². The van der Waals surface area contributed by atoms with Crippen LogP contribution in [0.5, 0.6) is 0 Å². The van der Waals surface area contributed by atoms with E-state index in [9.17, 15) is 4.79 Å². The average molecular weight is 449 g/mol. The number of carbonyl (C=O) groups is 1. The van der Waals surface area contributed by atoms with Crippen molar-refractivity contribution in [3.05, 3.63) is 0 Å². The zero-order valence-corrected chi connectivity index (χ0v) is 20.5. The Kier molecular flexibility index (Phi) is 10.6. The molecule has 0 aromatic heterocycles. The summed E-state index contributed by atoms with van der Waals surface area (Å²) in [4.78, 5) is 21.7. The molecule has 2 saturated heterocycles. The fourth-order valence-electron chi connectivity index (χ4n) is 5.83. The molecule has 0 unspecified atom stereocenters. The van der Waals surface area contributed by atoms with Gasteiger partial charge in [0.1, 0.15) is 0 Å². The van der Waals surface area contributed by atoms with E-state index < -0.39 is 0 Å². The van der Waals surface area contributed by atoms with Crippen LogP contribution in [0.2, 0.25) is 0 Å². The van der Waals surface area contributed by atoms with Gasteiger partial charge in [-0.1, -0.05) is 25.7 Å². The van der Waals surface area contributed by atoms with Gasteiger partial charge in [0.25, 0.3) is 0 Å². The Morgan fingerprint density at radius 2 is 1.66 bits per heavy atom. The molecule has 0 aromatic rings. The SMILES string of the molecule is CCNC(=NCC1(N2CCCCC2)CCCCC1)NCCCCN1CCC(C(N)=O)CC1. The summed E-state index contributed by atoms with van der Waals surface area (Å²) in [5.41, 5.74) is 5.73. The fraction of sp³-hybridized carbons (Fsp3) is 0.920. The number of guanidine groups is 1. The van der Waals surface area contributed by atoms with Crippen molar-refractivity contribution in [2.45, 2.75) is 89.5 Å². The lowest BCUT2D eigenvalue weighted by Crippen LogP contribution is -2.54. The number of likely N-dealkylation sites (tertiary alicyclic amines) is 2. The topological polar surface area (TPSA) is 86.0 Å². The summed E-state index contributed by atoms with van der Waals surface area (Å²) < 4.78 is 0. The molecule has 3 aliphatic rings. The van der Waals surface area contributed by atoms with Crippen molar-refractivity contribution in [1.29, 1.82) is 0 Å². The molecule has 0 bridgehead atoms. The summed E-state index contributed by atoms with van der Waals surface area (Å²) in [6.45, 7) is 10.6. The highest BCUT2D eigenvalue weighted by atomic mass is 16.1. The maximum absolute atomic E-state index is 11.3. The number of primary amides is 1. The van der Waals surface area contributed by atoms with Crippen LogP contribution in [0.15, 0.2) is 4.99 Å². The molecule has 3 rings (SSSR count). The zero-order chi connectivity index (χ0) is 22.7. The van der Waals surface area contributed by atoms with Crippen molar-refractivity contribution in [2.75, 3.05) is 52.4 Å². The molecule has 1 aliphatic carbocycles. The lowest BCUT2D eigenvalue weighted by Gasteiger charge is -2.47. The maximum atomic E-state index is 11.3. The van der Waals surface area contributed by atoms with E-state index >= 15 is 0 Å². The molecule has 0 aromatic carbocycles. The molecule has 0 atom stereocenters. The number of rotatable bonds is 10. The molecular weight excluding hydrogens is 400 g/mol. The van der Waals surface area contributed by atoms with Crippen LogP contribution >= 0.6 is 0 Å². The summed E-state index contributed by atoms with van der Waals surface area (Å²) in [6, 6.07) is 0. The Labute approximate surface area is 195 Å². The first kappa shape index (κ1) is 25.3. The number of hydrogen-bond donors (Lipinski definition) is 3. The molecule has 3 fully saturated rings. The minimum Gasteiger partial charge on any atom is -0.369 e. The molecule has 184 valence electrons. The molecule has 7 nitrogen and oxygen atoms in total. The van der Waals surface area contributed by atoms with Gasteiger partial charge in [0.2, 0.25) is 5.91 Å². The minimum absolute atomic E-state index is 0.0872. The highest BCUT2D eigenvalue weighted by Crippen LogP contribution is 2.35. The molecular formula is C25H48N6O. The fourth-order valence-corrected chi connectivity index (χ4v) is 5.83. The van der Waals surface area contributed by atoms with Crippen LogP contribution in [0.4, 0.5) is 0 Å². The lowest BCUT2D eigenvalue weighted by molar-refractivity contribution is -0.123. The van der Waals surface area contributed by atoms with Gasteiger partial charge in [-0.15, -0.1) is 0 Å². The molecule has 4 N–H and O–H groups in total. The third kappa shape index (κ3) is 7.62. The van der Waals surface area contributed by atoms with Crippen LogP contribution < -0.4 is 16.4 Å². The number of aliphatic imine (C=N–C) groups is 1. The smallest absolute Gasteiger partial charge is 0.220 e. The third-order valence-corrected chi connectivity index (χ3v) is 7.87. The normalized spacial score (nSPS) is 23.7. The summed E-state index contributed by atoms with van der Waals surface area (Å²) in [5, 5.41) is 7.05. The second-order valence-corrected chi connectivity index (χ2v) is 10.2. The first-order valence-corrected chi connectivity index (χ1v) is 13.4. The van der Waals surface area contributed by atoms with E-state index in [1.807, 2.05) is 0 Å². The number of amides is 1. The summed E-state index contributed by atoms with van der Waals surface area (Å²) in [6.07, 6.45) is 15.0. The Morgan fingerprint density at radius 3 is 2.31 bits per heavy atom. The molecule has 7 heteroatoms. The number of nitrogens with zero attached hydrogens (tertiary/aromatic N) is 3. The predicted octanol–water partition coefficient (Wildman–Crippen LogP) is 2.71. The van der Waals surface area contributed by atoms with Gasteiger partial charge in [0, 0.05) is 24.5 Å². The number of piperidine rings is 2. The summed E-state index contributed by atoms with van der Waals surface area (Å²) in [7, 11) is 0. The number of nitrogens with one attached hydrogen (secondary N) is 2. The summed E-state index contributed by atoms with van der Waals surface area (Å²) in [5.74, 6) is 0.945. The van der Waals surface area contributed by atoms with Gasteiger partial charge in [0.05, 0.1) is 6.54 Å². The van der Waals surface area contributed by atoms with E-state index in [0.717, 1.165) is 64.5 Å². The molecule has 0 spiro atoms. The zero-order valence-electron chi connectivity index (χ0n) is 20.5. The third-order valence-electron chi connectivity index (χ3n) is 7.87. The number of hydrogen-bond acceptors (Lipinski definition) is 4. The van der Waals surface area contributed by atoms with Crippen molar-refractivity contribution < 1.29 is 4.79 Å². The van der Waals surface area contributed by atoms with Crippen molar-refractivity contribution in [3.8, 4) is 0 Å². The van der Waals surface area contributed by atoms with Crippen LogP contribution in [0, 0.1) is 5.92 Å². The van der Waals surface area contributed by atoms with Crippen molar-refractivity contribution in [2.24, 2.45) is 16.6 Å². The quantitative estimate of drug-likeness (QED) is 0.272. The average Bonchev–Trinajstić information content (AvgIpc) is 2.83. The molecule has 32 heavy (non-hydrogen) atoms. The highest BCUT2D eigenvalue weighted by Gasteiger charge is 2.38. The largest absolute Gasteiger partial charge is 0.369 e. The predicted molar refractivity (Wildman–Crippen MR) is 133 cm³/mol. The molecule has 2 aliphatic heterocycles. The van der Waals surface area contributed by atoms with Crippen molar-refractivity contribution in [3.63, 3.8) is 0 Å². The van der Waals surface area contributed by atoms with E-state index in [1.54, 1.807) is 0 Å². The van der Waals surface area contributed by atoms with Gasteiger partial charge < -0.3 is 21.3 Å². The van der Waals surface area contributed by atoms with E-state index in [0.29, 0.717) is 0 Å². The second-order valence-electron chi connectivity index (χ2n) is 10.2. The van der Waals surface area contributed by atoms with Gasteiger partial charge >= 0.3 is 0 Å². The Bertz CT molecular complexity index is 575. The summed E-state index contributed by atoms with van der Waals surface area (Å²) >= 11 is 0. The van der Waals surface area contributed by atoms with Gasteiger partial charge in [-0.3, -0.25) is 14.7 Å². The van der Waals surface area contributed by atoms with Gasteiger partial charge in [-0.2, -0.15) is 0 Å². The highest BCUT2D eigenvalue weighted by molar-refractivity contribution is 5.79. The molecule has 2 heterocycles. The number of carbonyl (C=O) groups excluding carboxylic acids is 1. The van der Waals surface area contributed by atoms with Crippen LogP contribution in [0.25, 0.3) is 0 Å². The maximum Gasteiger partial charge on any atom is 0.220 e. The Balaban J connectivity index is 1.41. The van der Waals surface area contributed by atoms with E-state index in [-0.39, 0.29) is 17.4 Å². The van der Waals surface area contributed by atoms with Crippen molar-refractivity contribution in [1.82, 2.24) is 20.4 Å². The second kappa shape index (κ2) is 13.4. The van der Waals surface area contributed by atoms with Crippen LogP contribution in [0.1, 0.15) is 84.0 Å². The lowest BCUT2D eigenvalue weighted by atomic mass is 9.79. The van der Waals surface area contributed by atoms with E-state index in [4.69, 9.17) is 10.7 Å². The standard InChI is InChI=1S/C25H48N6O/c1-2-27-24(28-15-7-10-16-30-19-11-22(12-20-30)23(26)32)29-21-25(13-5-3-6-14-25)31-17-8-4-9-18-31/h22H,2-21H2,1H3,(H2,26,32)(H2,27,28,29). The molecule has 1 amide bonds. The van der Waals surface area contributed by atoms with E-state index in [2.05, 4.69) is 27.4 Å². The molecule has 0 radical (unpaired) electrons. The van der Waals surface area contributed by atoms with Crippen molar-refractivity contribution >= 4 is 11.9 Å². The first-order chi connectivity index (χ1) is 15.6. The van der Waals surface area contributed by atoms with Gasteiger partial charge in [-0.25, -0.2) is 0 Å². The van der Waals surface area contributed by atoms with E-state index in [1.165, 1.54) is 70.9 Å². The van der Waals surface area contributed by atoms with Crippen LogP contribution in [-0.2, 0) is 4.79 Å². The van der Waals surface area contributed by atoms with Gasteiger partial charge in [0.15, 0.2) is 5.96 Å². The molecule has 1 saturated carbocycles. The Morgan fingerprint density at radius 1 is 0.969 bits per heavy atom. The van der Waals surface area contributed by atoms with Crippen LogP contribution in [-0.4, -0.2) is 79.6 Å². The monoisotopic (exact) mass is 448 g/mol. The first-order valence-electron chi connectivity index (χ1n) is 13.4. The van der Waals surface area contributed by atoms with Gasteiger partial charge in [-0.05, 0) is 91.0 Å². The minimum atomic E-state index is -0.126.